The van der Waals surface area contributed by atoms with E-state index in [9.17, 15) is 5.11 Å². The van der Waals surface area contributed by atoms with Crippen molar-refractivity contribution < 1.29 is 14.6 Å². The van der Waals surface area contributed by atoms with Gasteiger partial charge in [-0.3, -0.25) is 0 Å². The predicted octanol–water partition coefficient (Wildman–Crippen LogP) is 1.52. The fourth-order valence-corrected chi connectivity index (χ4v) is 1.57. The monoisotopic (exact) mass is 239 g/mol. The van der Waals surface area contributed by atoms with Gasteiger partial charge in [0.25, 0.3) is 0 Å². The molecule has 0 atom stereocenters. The van der Waals surface area contributed by atoms with Crippen molar-refractivity contribution in [1.29, 1.82) is 0 Å². The van der Waals surface area contributed by atoms with Gasteiger partial charge in [-0.25, -0.2) is 0 Å². The van der Waals surface area contributed by atoms with Gasteiger partial charge in [-0.1, -0.05) is 12.1 Å². The molecule has 1 N–H and O–H groups in total. The fourth-order valence-electron chi connectivity index (χ4n) is 1.57. The maximum absolute atomic E-state index is 9.24. The average Bonchev–Trinajstić information content (AvgIpc) is 2.34. The van der Waals surface area contributed by atoms with E-state index in [4.69, 9.17) is 9.47 Å². The third kappa shape index (κ3) is 4.24. The van der Waals surface area contributed by atoms with Crippen LogP contribution in [0.3, 0.4) is 0 Å². The first kappa shape index (κ1) is 13.8. The first-order valence-electron chi connectivity index (χ1n) is 5.73. The molecule has 1 aromatic carbocycles. The summed E-state index contributed by atoms with van der Waals surface area (Å²) in [5, 5.41) is 9.24. The van der Waals surface area contributed by atoms with Gasteiger partial charge < -0.3 is 19.5 Å². The number of hydrogen-bond acceptors (Lipinski definition) is 4. The predicted molar refractivity (Wildman–Crippen MR) is 67.6 cm³/mol. The summed E-state index contributed by atoms with van der Waals surface area (Å²) in [5.41, 5.74) is 0.759. The third-order valence-corrected chi connectivity index (χ3v) is 2.45. The van der Waals surface area contributed by atoms with E-state index in [1.54, 1.807) is 7.11 Å². The summed E-state index contributed by atoms with van der Waals surface area (Å²) in [6.45, 7) is 1.55. The smallest absolute Gasteiger partial charge is 0.166 e. The molecule has 1 aromatic rings. The lowest BCUT2D eigenvalue weighted by molar-refractivity contribution is 0.244. The normalized spacial score (nSPS) is 10.6. The molecule has 96 valence electrons. The van der Waals surface area contributed by atoms with Crippen molar-refractivity contribution >= 4 is 0 Å². The van der Waals surface area contributed by atoms with Crippen molar-refractivity contribution in [2.75, 3.05) is 34.4 Å². The first-order chi connectivity index (χ1) is 8.19. The van der Waals surface area contributed by atoms with Crippen LogP contribution in [0.5, 0.6) is 11.5 Å². The molecule has 1 rings (SSSR count). The quantitative estimate of drug-likeness (QED) is 0.732. The molecule has 0 unspecified atom stereocenters. The molecule has 4 nitrogen and oxygen atoms in total. The van der Waals surface area contributed by atoms with Crippen molar-refractivity contribution in [2.45, 2.75) is 13.0 Å². The summed E-state index contributed by atoms with van der Waals surface area (Å²) >= 11 is 0. The molecule has 17 heavy (non-hydrogen) atoms. The van der Waals surface area contributed by atoms with E-state index in [2.05, 4.69) is 4.90 Å². The van der Waals surface area contributed by atoms with Gasteiger partial charge in [-0.15, -0.1) is 0 Å². The molecule has 0 saturated carbocycles. The van der Waals surface area contributed by atoms with E-state index in [1.165, 1.54) is 0 Å². The van der Waals surface area contributed by atoms with Crippen molar-refractivity contribution in [3.63, 3.8) is 0 Å². The van der Waals surface area contributed by atoms with E-state index < -0.39 is 0 Å². The minimum atomic E-state index is -0.0415. The van der Waals surface area contributed by atoms with Gasteiger partial charge >= 0.3 is 0 Å². The molecule has 4 heteroatoms. The second-order valence-corrected chi connectivity index (χ2v) is 4.11. The summed E-state index contributed by atoms with van der Waals surface area (Å²) in [4.78, 5) is 2.11. The van der Waals surface area contributed by atoms with E-state index in [1.807, 2.05) is 32.3 Å². The SMILES string of the molecule is COc1cccc(CO)c1OCCCN(C)C. The van der Waals surface area contributed by atoms with Crippen molar-refractivity contribution in [1.82, 2.24) is 4.90 Å². The van der Waals surface area contributed by atoms with E-state index in [0.717, 1.165) is 18.5 Å². The topological polar surface area (TPSA) is 41.9 Å². The highest BCUT2D eigenvalue weighted by atomic mass is 16.5. The van der Waals surface area contributed by atoms with Crippen molar-refractivity contribution in [3.05, 3.63) is 23.8 Å². The molecule has 0 saturated heterocycles. The van der Waals surface area contributed by atoms with Gasteiger partial charge in [0.1, 0.15) is 0 Å². The highest BCUT2D eigenvalue weighted by molar-refractivity contribution is 5.46. The Bertz CT molecular complexity index is 317. The number of para-hydroxylation sites is 1. The van der Waals surface area contributed by atoms with Crippen LogP contribution in [0.4, 0.5) is 0 Å². The van der Waals surface area contributed by atoms with Crippen LogP contribution in [0.25, 0.3) is 0 Å². The molecule has 0 bridgehead atoms. The van der Waals surface area contributed by atoms with E-state index >= 15 is 0 Å². The Morgan fingerprint density at radius 2 is 2.06 bits per heavy atom. The molecule has 0 aliphatic carbocycles. The molecule has 0 spiro atoms. The number of aliphatic hydroxyl groups excluding tert-OH is 1. The van der Waals surface area contributed by atoms with Gasteiger partial charge in [0.2, 0.25) is 0 Å². The Balaban J connectivity index is 2.61. The van der Waals surface area contributed by atoms with Gasteiger partial charge in [-0.2, -0.15) is 0 Å². The molecular weight excluding hydrogens is 218 g/mol. The zero-order chi connectivity index (χ0) is 12.7. The van der Waals surface area contributed by atoms with E-state index in [-0.39, 0.29) is 6.61 Å². The maximum Gasteiger partial charge on any atom is 0.166 e. The lowest BCUT2D eigenvalue weighted by atomic mass is 10.2. The number of ether oxygens (including phenoxy) is 2. The van der Waals surface area contributed by atoms with Crippen LogP contribution in [0.1, 0.15) is 12.0 Å². The molecule has 0 aromatic heterocycles. The third-order valence-electron chi connectivity index (χ3n) is 2.45. The second kappa shape index (κ2) is 7.14. The van der Waals surface area contributed by atoms with Crippen LogP contribution in [0.2, 0.25) is 0 Å². The lowest BCUT2D eigenvalue weighted by Crippen LogP contribution is -2.16. The van der Waals surface area contributed by atoms with Crippen LogP contribution >= 0.6 is 0 Å². The Labute approximate surface area is 103 Å². The highest BCUT2D eigenvalue weighted by Crippen LogP contribution is 2.31. The van der Waals surface area contributed by atoms with Crippen LogP contribution < -0.4 is 9.47 Å². The number of aliphatic hydroxyl groups is 1. The average molecular weight is 239 g/mol. The molecule has 0 radical (unpaired) electrons. The van der Waals surface area contributed by atoms with Crippen LogP contribution in [-0.4, -0.2) is 44.4 Å². The van der Waals surface area contributed by atoms with E-state index in [0.29, 0.717) is 18.1 Å². The molecular formula is C13H21NO3. The van der Waals surface area contributed by atoms with Gasteiger partial charge in [0, 0.05) is 12.1 Å². The summed E-state index contributed by atoms with van der Waals surface area (Å²) in [5.74, 6) is 1.32. The molecule has 0 aliphatic rings. The van der Waals surface area contributed by atoms with Gasteiger partial charge in [0.15, 0.2) is 11.5 Å². The number of rotatable bonds is 7. The second-order valence-electron chi connectivity index (χ2n) is 4.11. The van der Waals surface area contributed by atoms with Gasteiger partial charge in [-0.05, 0) is 26.6 Å². The van der Waals surface area contributed by atoms with Crippen molar-refractivity contribution in [3.8, 4) is 11.5 Å². The van der Waals surface area contributed by atoms with Crippen LogP contribution in [0.15, 0.2) is 18.2 Å². The highest BCUT2D eigenvalue weighted by Gasteiger charge is 2.09. The van der Waals surface area contributed by atoms with Crippen molar-refractivity contribution in [2.24, 2.45) is 0 Å². The maximum atomic E-state index is 9.24. The number of benzene rings is 1. The minimum Gasteiger partial charge on any atom is -0.493 e. The Kier molecular flexibility index (Phi) is 5.80. The zero-order valence-corrected chi connectivity index (χ0v) is 10.8. The standard InChI is InChI=1S/C13H21NO3/c1-14(2)8-5-9-17-13-11(10-15)6-4-7-12(13)16-3/h4,6-7,15H,5,8-10H2,1-3H3. The molecule has 0 heterocycles. The number of nitrogens with zero attached hydrogens (tertiary/aromatic N) is 1. The Hall–Kier alpha value is -1.26. The molecule has 0 fully saturated rings. The van der Waals surface area contributed by atoms with Gasteiger partial charge in [0.05, 0.1) is 20.3 Å². The molecule has 0 aliphatic heterocycles. The summed E-state index contributed by atoms with van der Waals surface area (Å²) < 4.78 is 10.9. The first-order valence-corrected chi connectivity index (χ1v) is 5.73. The number of hydrogen-bond donors (Lipinski definition) is 1. The summed E-state index contributed by atoms with van der Waals surface area (Å²) in [6.07, 6.45) is 0.940. The summed E-state index contributed by atoms with van der Waals surface area (Å²) in [7, 11) is 5.66. The molecule has 0 amide bonds. The van der Waals surface area contributed by atoms with Crippen LogP contribution in [-0.2, 0) is 6.61 Å². The lowest BCUT2D eigenvalue weighted by Gasteiger charge is -2.15. The minimum absolute atomic E-state index is 0.0415. The van der Waals surface area contributed by atoms with Crippen LogP contribution in [0, 0.1) is 0 Å². The largest absolute Gasteiger partial charge is 0.493 e. The zero-order valence-electron chi connectivity index (χ0n) is 10.8. The summed E-state index contributed by atoms with van der Waals surface area (Å²) in [6, 6.07) is 5.52. The Morgan fingerprint density at radius 3 is 2.65 bits per heavy atom. The number of methoxy groups -OCH3 is 1. The fraction of sp³-hybridized carbons (Fsp3) is 0.538. The Morgan fingerprint density at radius 1 is 1.29 bits per heavy atom.